The van der Waals surface area contributed by atoms with Crippen molar-refractivity contribution >= 4 is 21.6 Å². The van der Waals surface area contributed by atoms with Gasteiger partial charge in [-0.25, -0.2) is 15.0 Å². The minimum absolute atomic E-state index is 0.119. The summed E-state index contributed by atoms with van der Waals surface area (Å²) in [6.07, 6.45) is 4.06. The first-order valence-electron chi connectivity index (χ1n) is 6.10. The first-order valence-corrected chi connectivity index (χ1v) is 6.92. The van der Waals surface area contributed by atoms with Crippen molar-refractivity contribution in [2.75, 3.05) is 0 Å². The van der Waals surface area contributed by atoms with Crippen molar-refractivity contribution in [2.45, 2.75) is 19.4 Å². The molecule has 3 aromatic rings. The first kappa shape index (κ1) is 12.2. The van der Waals surface area contributed by atoms with E-state index in [-0.39, 0.29) is 6.04 Å². The van der Waals surface area contributed by atoms with Crippen molar-refractivity contribution in [2.24, 2.45) is 5.73 Å². The van der Waals surface area contributed by atoms with Crippen molar-refractivity contribution in [1.82, 2.24) is 15.0 Å². The van der Waals surface area contributed by atoms with Crippen molar-refractivity contribution in [3.63, 3.8) is 0 Å². The number of rotatable bonds is 3. The molecule has 0 saturated carbocycles. The first-order chi connectivity index (χ1) is 9.24. The molecule has 0 aliphatic carbocycles. The van der Waals surface area contributed by atoms with Gasteiger partial charge in [0.15, 0.2) is 0 Å². The van der Waals surface area contributed by atoms with E-state index in [9.17, 15) is 0 Å². The van der Waals surface area contributed by atoms with Gasteiger partial charge in [0.1, 0.15) is 11.3 Å². The Bertz CT molecular complexity index is 674. The molecule has 0 bridgehead atoms. The van der Waals surface area contributed by atoms with Crippen LogP contribution in [0.15, 0.2) is 36.8 Å². The van der Waals surface area contributed by atoms with Crippen molar-refractivity contribution in [3.05, 3.63) is 53.1 Å². The van der Waals surface area contributed by atoms with Gasteiger partial charge in [0.25, 0.3) is 0 Å². The van der Waals surface area contributed by atoms with Crippen LogP contribution in [0.1, 0.15) is 22.3 Å². The van der Waals surface area contributed by atoms with E-state index in [1.807, 2.05) is 31.3 Å². The zero-order valence-electron chi connectivity index (χ0n) is 10.6. The minimum Gasteiger partial charge on any atom is -0.322 e. The summed E-state index contributed by atoms with van der Waals surface area (Å²) in [7, 11) is 0. The van der Waals surface area contributed by atoms with Gasteiger partial charge in [-0.2, -0.15) is 0 Å². The maximum Gasteiger partial charge on any atom is 0.115 e. The fourth-order valence-electron chi connectivity index (χ4n) is 1.98. The molecular formula is C14H14N4S. The standard InChI is InChI=1S/C14H14N4S/c1-9-7-16-8-17-12(9)6-10(15)14-18-11-4-2-3-5-13(11)19-14/h2-5,7-8,10H,6,15H2,1H3. The van der Waals surface area contributed by atoms with Crippen LogP contribution in [0.4, 0.5) is 0 Å². The molecule has 0 fully saturated rings. The lowest BCUT2D eigenvalue weighted by atomic mass is 10.1. The van der Waals surface area contributed by atoms with E-state index >= 15 is 0 Å². The van der Waals surface area contributed by atoms with E-state index < -0.39 is 0 Å². The predicted molar refractivity (Wildman–Crippen MR) is 77.0 cm³/mol. The number of aryl methyl sites for hydroxylation is 1. The topological polar surface area (TPSA) is 64.7 Å². The Morgan fingerprint density at radius 2 is 2.16 bits per heavy atom. The van der Waals surface area contributed by atoms with Gasteiger partial charge in [0, 0.05) is 18.3 Å². The lowest BCUT2D eigenvalue weighted by Gasteiger charge is -2.09. The van der Waals surface area contributed by atoms with Crippen LogP contribution < -0.4 is 5.73 Å². The summed E-state index contributed by atoms with van der Waals surface area (Å²) in [5.74, 6) is 0. The van der Waals surface area contributed by atoms with Crippen LogP contribution in [-0.4, -0.2) is 15.0 Å². The lowest BCUT2D eigenvalue weighted by molar-refractivity contribution is 0.696. The Kier molecular flexibility index (Phi) is 3.23. The summed E-state index contributed by atoms with van der Waals surface area (Å²) in [5.41, 5.74) is 9.32. The Morgan fingerprint density at radius 3 is 2.95 bits per heavy atom. The molecule has 0 aliphatic heterocycles. The molecule has 0 aliphatic rings. The number of nitrogens with two attached hydrogens (primary N) is 1. The van der Waals surface area contributed by atoms with Gasteiger partial charge in [-0.05, 0) is 24.6 Å². The predicted octanol–water partition coefficient (Wildman–Crippen LogP) is 2.64. The van der Waals surface area contributed by atoms with Crippen LogP contribution in [0, 0.1) is 6.92 Å². The Morgan fingerprint density at radius 1 is 1.32 bits per heavy atom. The van der Waals surface area contributed by atoms with E-state index in [1.165, 1.54) is 4.70 Å². The zero-order valence-corrected chi connectivity index (χ0v) is 11.4. The SMILES string of the molecule is Cc1cncnc1CC(N)c1nc2ccccc2s1. The van der Waals surface area contributed by atoms with Crippen LogP contribution in [0.5, 0.6) is 0 Å². The molecule has 2 aromatic heterocycles. The van der Waals surface area contributed by atoms with Crippen LogP contribution in [0.25, 0.3) is 10.2 Å². The number of fused-ring (bicyclic) bond motifs is 1. The van der Waals surface area contributed by atoms with E-state index in [4.69, 9.17) is 5.73 Å². The van der Waals surface area contributed by atoms with Gasteiger partial charge in [-0.1, -0.05) is 12.1 Å². The van der Waals surface area contributed by atoms with Crippen LogP contribution in [0.3, 0.4) is 0 Å². The molecule has 2 N–H and O–H groups in total. The summed E-state index contributed by atoms with van der Waals surface area (Å²) in [6, 6.07) is 7.97. The van der Waals surface area contributed by atoms with Crippen LogP contribution >= 0.6 is 11.3 Å². The average molecular weight is 270 g/mol. The summed E-state index contributed by atoms with van der Waals surface area (Å²) in [4.78, 5) is 12.9. The van der Waals surface area contributed by atoms with E-state index in [1.54, 1.807) is 17.7 Å². The second kappa shape index (κ2) is 5.03. The molecular weight excluding hydrogens is 256 g/mol. The number of para-hydroxylation sites is 1. The fourth-order valence-corrected chi connectivity index (χ4v) is 2.95. The second-order valence-electron chi connectivity index (χ2n) is 4.48. The monoisotopic (exact) mass is 270 g/mol. The molecule has 0 spiro atoms. The van der Waals surface area contributed by atoms with E-state index in [2.05, 4.69) is 21.0 Å². The molecule has 0 radical (unpaired) electrons. The number of thiazole rings is 1. The third-order valence-electron chi connectivity index (χ3n) is 3.04. The fraction of sp³-hybridized carbons (Fsp3) is 0.214. The lowest BCUT2D eigenvalue weighted by Crippen LogP contribution is -2.14. The smallest absolute Gasteiger partial charge is 0.115 e. The highest BCUT2D eigenvalue weighted by atomic mass is 32.1. The van der Waals surface area contributed by atoms with Crippen molar-refractivity contribution in [3.8, 4) is 0 Å². The van der Waals surface area contributed by atoms with Gasteiger partial charge < -0.3 is 5.73 Å². The molecule has 0 amide bonds. The van der Waals surface area contributed by atoms with Crippen LogP contribution in [0.2, 0.25) is 0 Å². The molecule has 1 atom stereocenters. The van der Waals surface area contributed by atoms with Crippen LogP contribution in [-0.2, 0) is 6.42 Å². The summed E-state index contributed by atoms with van der Waals surface area (Å²) in [5, 5.41) is 0.958. The third kappa shape index (κ3) is 2.47. The zero-order chi connectivity index (χ0) is 13.2. The Labute approximate surface area is 115 Å². The minimum atomic E-state index is -0.119. The van der Waals surface area contributed by atoms with E-state index in [0.717, 1.165) is 21.8 Å². The quantitative estimate of drug-likeness (QED) is 0.794. The Hall–Kier alpha value is -1.85. The number of hydrogen-bond acceptors (Lipinski definition) is 5. The number of benzene rings is 1. The molecule has 3 rings (SSSR count). The number of hydrogen-bond donors (Lipinski definition) is 1. The summed E-state index contributed by atoms with van der Waals surface area (Å²) >= 11 is 1.65. The van der Waals surface area contributed by atoms with Gasteiger partial charge in [0.2, 0.25) is 0 Å². The summed E-state index contributed by atoms with van der Waals surface area (Å²) < 4.78 is 1.17. The third-order valence-corrected chi connectivity index (χ3v) is 4.21. The number of aromatic nitrogens is 3. The van der Waals surface area contributed by atoms with E-state index in [0.29, 0.717) is 6.42 Å². The second-order valence-corrected chi connectivity index (χ2v) is 5.55. The van der Waals surface area contributed by atoms with Crippen molar-refractivity contribution in [1.29, 1.82) is 0 Å². The normalized spacial score (nSPS) is 12.7. The highest BCUT2D eigenvalue weighted by Crippen LogP contribution is 2.26. The maximum absolute atomic E-state index is 6.25. The molecule has 4 nitrogen and oxygen atoms in total. The summed E-state index contributed by atoms with van der Waals surface area (Å²) in [6.45, 7) is 2.00. The molecule has 5 heteroatoms. The molecule has 0 saturated heterocycles. The maximum atomic E-state index is 6.25. The highest BCUT2D eigenvalue weighted by molar-refractivity contribution is 7.18. The largest absolute Gasteiger partial charge is 0.322 e. The average Bonchev–Trinajstić information content (AvgIpc) is 2.85. The molecule has 1 unspecified atom stereocenters. The molecule has 19 heavy (non-hydrogen) atoms. The van der Waals surface area contributed by atoms with Gasteiger partial charge in [0.05, 0.1) is 16.3 Å². The molecule has 96 valence electrons. The van der Waals surface area contributed by atoms with Gasteiger partial charge >= 0.3 is 0 Å². The van der Waals surface area contributed by atoms with Crippen molar-refractivity contribution < 1.29 is 0 Å². The van der Waals surface area contributed by atoms with Gasteiger partial charge in [-0.3, -0.25) is 0 Å². The highest BCUT2D eigenvalue weighted by Gasteiger charge is 2.14. The molecule has 2 heterocycles. The molecule has 1 aromatic carbocycles. The van der Waals surface area contributed by atoms with Gasteiger partial charge in [-0.15, -0.1) is 11.3 Å². The Balaban J connectivity index is 1.87. The number of nitrogens with zero attached hydrogens (tertiary/aromatic N) is 3.